The second kappa shape index (κ2) is 4.64. The highest BCUT2D eigenvalue weighted by molar-refractivity contribution is 5.26. The first kappa shape index (κ1) is 14.5. The smallest absolute Gasteiger partial charge is 0.109 e. The number of aliphatic hydroxyl groups is 1. The van der Waals surface area contributed by atoms with Crippen molar-refractivity contribution in [1.82, 2.24) is 5.48 Å². The van der Waals surface area contributed by atoms with Gasteiger partial charge in [-0.3, -0.25) is 10.3 Å². The van der Waals surface area contributed by atoms with E-state index in [1.807, 2.05) is 0 Å². The van der Waals surface area contributed by atoms with Crippen molar-refractivity contribution in [3.63, 3.8) is 0 Å². The summed E-state index contributed by atoms with van der Waals surface area (Å²) >= 11 is 0. The Labute approximate surface area is 139 Å². The van der Waals surface area contributed by atoms with Crippen LogP contribution in [0.4, 0.5) is 0 Å². The molecule has 5 rings (SSSR count). The molecule has 3 fully saturated rings. The van der Waals surface area contributed by atoms with Crippen molar-refractivity contribution in [2.75, 3.05) is 0 Å². The lowest BCUT2D eigenvalue weighted by atomic mass is 9.47. The van der Waals surface area contributed by atoms with E-state index in [-0.39, 0.29) is 17.6 Å². The van der Waals surface area contributed by atoms with Gasteiger partial charge in [-0.05, 0) is 78.6 Å². The molecule has 5 aliphatic rings. The van der Waals surface area contributed by atoms with E-state index in [2.05, 4.69) is 37.7 Å². The highest BCUT2D eigenvalue weighted by Crippen LogP contribution is 2.65. The molecular formula is C20H29NO2. The molecule has 23 heavy (non-hydrogen) atoms. The van der Waals surface area contributed by atoms with Gasteiger partial charge in [0.05, 0.1) is 6.10 Å². The van der Waals surface area contributed by atoms with Crippen molar-refractivity contribution in [2.45, 2.75) is 64.6 Å². The van der Waals surface area contributed by atoms with Gasteiger partial charge in [0.2, 0.25) is 0 Å². The summed E-state index contributed by atoms with van der Waals surface area (Å²) in [6.07, 6.45) is 14.3. The lowest BCUT2D eigenvalue weighted by Gasteiger charge is -2.58. The number of fused-ring (bicyclic) bond motifs is 6. The van der Waals surface area contributed by atoms with Crippen LogP contribution in [0, 0.1) is 34.5 Å². The second-order valence-electron chi connectivity index (χ2n) is 9.28. The fraction of sp³-hybridized carbons (Fsp3) is 0.800. The minimum atomic E-state index is -0.0849. The molecule has 2 N–H and O–H groups in total. The molecule has 1 aliphatic heterocycles. The Morgan fingerprint density at radius 3 is 2.83 bits per heavy atom. The minimum Gasteiger partial charge on any atom is -0.393 e. The average molecular weight is 315 g/mol. The van der Waals surface area contributed by atoms with Gasteiger partial charge in [0.1, 0.15) is 6.10 Å². The Bertz CT molecular complexity index is 584. The predicted octanol–water partition coefficient (Wildman–Crippen LogP) is 3.56. The molecule has 3 heteroatoms. The number of allylic oxidation sites excluding steroid dienone is 2. The lowest BCUT2D eigenvalue weighted by Crippen LogP contribution is -2.53. The Balaban J connectivity index is 1.51. The summed E-state index contributed by atoms with van der Waals surface area (Å²) in [6, 6.07) is 0. The molecule has 5 unspecified atom stereocenters. The first-order valence-corrected chi connectivity index (χ1v) is 9.49. The largest absolute Gasteiger partial charge is 0.393 e. The van der Waals surface area contributed by atoms with Crippen LogP contribution in [0.2, 0.25) is 0 Å². The summed E-state index contributed by atoms with van der Waals surface area (Å²) < 4.78 is 0. The maximum atomic E-state index is 10.5. The lowest BCUT2D eigenvalue weighted by molar-refractivity contribution is -0.0844. The molecule has 0 radical (unpaired) electrons. The van der Waals surface area contributed by atoms with E-state index in [9.17, 15) is 5.11 Å². The molecule has 0 aromatic carbocycles. The second-order valence-corrected chi connectivity index (χ2v) is 9.28. The number of nitrogens with one attached hydrogen (secondary N) is 1. The van der Waals surface area contributed by atoms with Crippen LogP contribution in [0.3, 0.4) is 0 Å². The van der Waals surface area contributed by atoms with Gasteiger partial charge in [0.25, 0.3) is 0 Å². The van der Waals surface area contributed by atoms with Crippen molar-refractivity contribution in [1.29, 1.82) is 0 Å². The SMILES string of the molecule is C[C@]12CC3=CNOC3CC1C=CC1C2CC[C@@]2(C)C1CC[C@@H]2O. The molecule has 8 atom stereocenters. The van der Waals surface area contributed by atoms with Crippen molar-refractivity contribution >= 4 is 0 Å². The Kier molecular flexibility index (Phi) is 2.93. The maximum absolute atomic E-state index is 10.5. The van der Waals surface area contributed by atoms with Gasteiger partial charge in [0.15, 0.2) is 0 Å². The molecular weight excluding hydrogens is 286 g/mol. The topological polar surface area (TPSA) is 41.5 Å². The summed E-state index contributed by atoms with van der Waals surface area (Å²) in [6.45, 7) is 4.88. The van der Waals surface area contributed by atoms with Gasteiger partial charge < -0.3 is 5.11 Å². The number of hydrogen-bond acceptors (Lipinski definition) is 3. The summed E-state index contributed by atoms with van der Waals surface area (Å²) in [4.78, 5) is 5.68. The summed E-state index contributed by atoms with van der Waals surface area (Å²) in [5.74, 6) is 2.75. The molecule has 0 spiro atoms. The van der Waals surface area contributed by atoms with Gasteiger partial charge in [0, 0.05) is 6.20 Å². The van der Waals surface area contributed by atoms with Crippen LogP contribution in [0.5, 0.6) is 0 Å². The molecule has 1 heterocycles. The first-order chi connectivity index (χ1) is 11.0. The third-order valence-corrected chi connectivity index (χ3v) is 8.46. The summed E-state index contributed by atoms with van der Waals surface area (Å²) in [5.41, 5.74) is 4.99. The van der Waals surface area contributed by atoms with Crippen molar-refractivity contribution in [3.05, 3.63) is 23.9 Å². The zero-order valence-corrected chi connectivity index (χ0v) is 14.3. The third kappa shape index (κ3) is 1.78. The van der Waals surface area contributed by atoms with Gasteiger partial charge in [-0.25, -0.2) is 0 Å². The fourth-order valence-electron chi connectivity index (χ4n) is 6.97. The van der Waals surface area contributed by atoms with Gasteiger partial charge in [-0.15, -0.1) is 0 Å². The summed E-state index contributed by atoms with van der Waals surface area (Å²) in [7, 11) is 0. The first-order valence-electron chi connectivity index (χ1n) is 9.49. The molecule has 3 saturated carbocycles. The van der Waals surface area contributed by atoms with Gasteiger partial charge in [-0.1, -0.05) is 26.0 Å². The van der Waals surface area contributed by atoms with E-state index in [0.717, 1.165) is 18.8 Å². The fourth-order valence-corrected chi connectivity index (χ4v) is 6.97. The van der Waals surface area contributed by atoms with E-state index in [1.165, 1.54) is 31.3 Å². The number of hydroxylamine groups is 1. The standard InChI is InChI=1S/C20H29NO2/c1-19-8-7-16-14(15(19)5-6-18(19)22)4-3-13-9-17-12(11-21-23-17)10-20(13,16)2/h3-4,11,13-18,21-22H,5-10H2,1-2H3/t13?,14?,15?,16?,17?,18-,19-,20-/m0/s1. The van der Waals surface area contributed by atoms with Gasteiger partial charge in [-0.2, -0.15) is 0 Å². The Morgan fingerprint density at radius 1 is 1.13 bits per heavy atom. The Morgan fingerprint density at radius 2 is 1.96 bits per heavy atom. The van der Waals surface area contributed by atoms with Crippen LogP contribution in [-0.4, -0.2) is 17.3 Å². The van der Waals surface area contributed by atoms with Crippen molar-refractivity contribution in [3.8, 4) is 0 Å². The molecule has 126 valence electrons. The third-order valence-electron chi connectivity index (χ3n) is 8.46. The van der Waals surface area contributed by atoms with Crippen molar-refractivity contribution in [2.24, 2.45) is 34.5 Å². The van der Waals surface area contributed by atoms with E-state index in [1.54, 1.807) is 0 Å². The van der Waals surface area contributed by atoms with Crippen LogP contribution in [-0.2, 0) is 4.84 Å². The van der Waals surface area contributed by atoms with E-state index in [0.29, 0.717) is 23.2 Å². The highest BCUT2D eigenvalue weighted by atomic mass is 16.7. The average Bonchev–Trinajstić information content (AvgIpc) is 3.08. The zero-order chi connectivity index (χ0) is 15.8. The van der Waals surface area contributed by atoms with Crippen LogP contribution < -0.4 is 5.48 Å². The van der Waals surface area contributed by atoms with Crippen molar-refractivity contribution < 1.29 is 9.94 Å². The monoisotopic (exact) mass is 315 g/mol. The molecule has 0 aromatic rings. The summed E-state index contributed by atoms with van der Waals surface area (Å²) in [5, 5.41) is 10.5. The zero-order valence-electron chi connectivity index (χ0n) is 14.3. The highest BCUT2D eigenvalue weighted by Gasteiger charge is 2.59. The molecule has 4 aliphatic carbocycles. The van der Waals surface area contributed by atoms with E-state index in [4.69, 9.17) is 4.84 Å². The van der Waals surface area contributed by atoms with Crippen LogP contribution in [0.25, 0.3) is 0 Å². The normalized spacial score (nSPS) is 56.9. The molecule has 0 aromatic heterocycles. The molecule has 0 bridgehead atoms. The quantitative estimate of drug-likeness (QED) is 0.672. The molecule has 0 amide bonds. The van der Waals surface area contributed by atoms with Gasteiger partial charge >= 0.3 is 0 Å². The predicted molar refractivity (Wildman–Crippen MR) is 89.1 cm³/mol. The molecule has 3 nitrogen and oxygen atoms in total. The van der Waals surface area contributed by atoms with Crippen LogP contribution in [0.15, 0.2) is 23.9 Å². The van der Waals surface area contributed by atoms with Crippen LogP contribution >= 0.6 is 0 Å². The van der Waals surface area contributed by atoms with E-state index < -0.39 is 0 Å². The number of rotatable bonds is 0. The minimum absolute atomic E-state index is 0.0849. The van der Waals surface area contributed by atoms with Crippen LogP contribution in [0.1, 0.15) is 52.4 Å². The maximum Gasteiger partial charge on any atom is 0.109 e. The van der Waals surface area contributed by atoms with E-state index >= 15 is 0 Å². The number of aliphatic hydroxyl groups excluding tert-OH is 1. The molecule has 0 saturated heterocycles. The number of hydrogen-bond donors (Lipinski definition) is 2. The Hall–Kier alpha value is -0.800.